The Labute approximate surface area is 200 Å². The first kappa shape index (κ1) is 24.7. The zero-order valence-electron chi connectivity index (χ0n) is 18.2. The minimum absolute atomic E-state index is 0.00226. The van der Waals surface area contributed by atoms with Crippen molar-refractivity contribution in [3.63, 3.8) is 0 Å². The van der Waals surface area contributed by atoms with Crippen molar-refractivity contribution in [2.75, 3.05) is 4.90 Å². The Hall–Kier alpha value is -3.40. The molecule has 0 aliphatic rings. The van der Waals surface area contributed by atoms with Gasteiger partial charge in [0.15, 0.2) is 5.13 Å². The number of thiazole rings is 1. The number of benzene rings is 3. The highest BCUT2D eigenvalue weighted by molar-refractivity contribution is 7.22. The third kappa shape index (κ3) is 5.48. The first-order valence-electron chi connectivity index (χ1n) is 10.5. The monoisotopic (exact) mass is 508 g/mol. The first-order valence-corrected chi connectivity index (χ1v) is 11.3. The topological polar surface area (TPSA) is 33.2 Å². The lowest BCUT2D eigenvalue weighted by Crippen LogP contribution is -2.31. The van der Waals surface area contributed by atoms with Crippen LogP contribution in [0.4, 0.5) is 31.5 Å². The number of hydrogen-bond donors (Lipinski definition) is 0. The van der Waals surface area contributed by atoms with E-state index >= 15 is 0 Å². The van der Waals surface area contributed by atoms with Crippen LogP contribution < -0.4 is 4.90 Å². The molecule has 0 radical (unpaired) electrons. The Kier molecular flexibility index (Phi) is 6.59. The Morgan fingerprint density at radius 2 is 1.49 bits per heavy atom. The van der Waals surface area contributed by atoms with Crippen molar-refractivity contribution >= 4 is 32.6 Å². The number of carbonyl (C=O) groups is 1. The van der Waals surface area contributed by atoms with Crippen LogP contribution in [-0.4, -0.2) is 10.9 Å². The van der Waals surface area contributed by atoms with Gasteiger partial charge in [-0.2, -0.15) is 26.3 Å². The second kappa shape index (κ2) is 9.33. The second-order valence-electron chi connectivity index (χ2n) is 7.82. The molecule has 1 aromatic heterocycles. The van der Waals surface area contributed by atoms with Gasteiger partial charge in [-0.15, -0.1) is 0 Å². The van der Waals surface area contributed by atoms with Crippen LogP contribution in [0.15, 0.2) is 66.7 Å². The van der Waals surface area contributed by atoms with Gasteiger partial charge in [-0.05, 0) is 47.9 Å². The third-order valence-electron chi connectivity index (χ3n) is 5.34. The summed E-state index contributed by atoms with van der Waals surface area (Å²) in [5.41, 5.74) is -1.58. The highest BCUT2D eigenvalue weighted by atomic mass is 32.1. The molecular formula is C25H18F6N2OS. The van der Waals surface area contributed by atoms with Crippen molar-refractivity contribution < 1.29 is 31.1 Å². The van der Waals surface area contributed by atoms with Crippen molar-refractivity contribution in [3.8, 4) is 0 Å². The molecule has 35 heavy (non-hydrogen) atoms. The summed E-state index contributed by atoms with van der Waals surface area (Å²) in [6.45, 7) is 1.89. The van der Waals surface area contributed by atoms with Crippen molar-refractivity contribution in [1.82, 2.24) is 4.98 Å². The molecule has 3 nitrogen and oxygen atoms in total. The van der Waals surface area contributed by atoms with Gasteiger partial charge in [-0.25, -0.2) is 4.98 Å². The van der Waals surface area contributed by atoms with E-state index in [4.69, 9.17) is 0 Å². The average molecular weight is 508 g/mol. The molecule has 0 aliphatic heterocycles. The highest BCUT2D eigenvalue weighted by Crippen LogP contribution is 2.38. The molecule has 0 saturated heterocycles. The number of anilines is 1. The predicted molar refractivity (Wildman–Crippen MR) is 122 cm³/mol. The maximum Gasteiger partial charge on any atom is 0.416 e. The molecule has 182 valence electrons. The van der Waals surface area contributed by atoms with Gasteiger partial charge in [0.2, 0.25) is 0 Å². The van der Waals surface area contributed by atoms with Gasteiger partial charge in [0.05, 0.1) is 27.9 Å². The van der Waals surface area contributed by atoms with E-state index in [2.05, 4.69) is 4.98 Å². The summed E-state index contributed by atoms with van der Waals surface area (Å²) in [5, 5.41) is 0.174. The van der Waals surface area contributed by atoms with E-state index in [9.17, 15) is 31.1 Å². The van der Waals surface area contributed by atoms with Crippen molar-refractivity contribution in [3.05, 3.63) is 94.5 Å². The Morgan fingerprint density at radius 3 is 2.06 bits per heavy atom. The number of nitrogens with zero attached hydrogens (tertiary/aromatic N) is 2. The van der Waals surface area contributed by atoms with Crippen molar-refractivity contribution in [1.29, 1.82) is 0 Å². The number of fused-ring (bicyclic) bond motifs is 1. The zero-order valence-corrected chi connectivity index (χ0v) is 19.1. The van der Waals surface area contributed by atoms with E-state index in [0.717, 1.165) is 32.9 Å². The summed E-state index contributed by atoms with van der Waals surface area (Å²) in [4.78, 5) is 19.0. The fraction of sp³-hybridized carbons (Fsp3) is 0.200. The molecule has 1 heterocycles. The van der Waals surface area contributed by atoms with Crippen molar-refractivity contribution in [2.24, 2.45) is 0 Å². The van der Waals surface area contributed by atoms with Gasteiger partial charge in [-0.1, -0.05) is 54.7 Å². The lowest BCUT2D eigenvalue weighted by molar-refractivity contribution is -0.143. The van der Waals surface area contributed by atoms with E-state index < -0.39 is 35.0 Å². The maximum absolute atomic E-state index is 13.5. The number of aromatic nitrogens is 1. The molecule has 0 bridgehead atoms. The maximum atomic E-state index is 13.5. The number of aryl methyl sites for hydroxylation is 1. The number of amides is 1. The molecule has 0 unspecified atom stereocenters. The number of halogens is 6. The van der Waals surface area contributed by atoms with Crippen molar-refractivity contribution in [2.45, 2.75) is 32.2 Å². The SMILES string of the molecule is CCc1ccc2nc(N(Cc3ccccc3)C(=O)c3cc(C(F)(F)F)cc(C(F)(F)F)c3)sc2c1. The first-order chi connectivity index (χ1) is 16.5. The van der Waals surface area contributed by atoms with E-state index in [1.807, 2.05) is 19.1 Å². The largest absolute Gasteiger partial charge is 0.416 e. The van der Waals surface area contributed by atoms with Gasteiger partial charge in [-0.3, -0.25) is 9.69 Å². The molecule has 1 amide bonds. The summed E-state index contributed by atoms with van der Waals surface area (Å²) < 4.78 is 81.0. The molecule has 0 N–H and O–H groups in total. The van der Waals surface area contributed by atoms with Crippen LogP contribution >= 0.6 is 11.3 Å². The molecule has 0 spiro atoms. The fourth-order valence-electron chi connectivity index (χ4n) is 3.52. The zero-order chi connectivity index (χ0) is 25.4. The molecule has 4 rings (SSSR count). The van der Waals surface area contributed by atoms with Gasteiger partial charge in [0.25, 0.3) is 5.91 Å². The number of carbonyl (C=O) groups excluding carboxylic acids is 1. The Bertz CT molecular complexity index is 1330. The van der Waals surface area contributed by atoms with Crippen LogP contribution in [0.3, 0.4) is 0 Å². The standard InChI is InChI=1S/C25H18F6N2OS/c1-2-15-8-9-20-21(10-15)35-23(32-20)33(14-16-6-4-3-5-7-16)22(34)17-11-18(24(26,27)28)13-19(12-17)25(29,30)31/h3-13H,2,14H2,1H3. The van der Waals surface area contributed by atoms with E-state index in [0.29, 0.717) is 23.2 Å². The van der Waals surface area contributed by atoms with Crippen LogP contribution in [0.5, 0.6) is 0 Å². The molecule has 0 atom stereocenters. The van der Waals surface area contributed by atoms with Gasteiger partial charge in [0.1, 0.15) is 0 Å². The highest BCUT2D eigenvalue weighted by Gasteiger charge is 2.38. The molecular weight excluding hydrogens is 490 g/mol. The Balaban J connectivity index is 1.84. The van der Waals surface area contributed by atoms with E-state index in [1.54, 1.807) is 36.4 Å². The molecule has 0 aliphatic carbocycles. The minimum Gasteiger partial charge on any atom is -0.279 e. The lowest BCUT2D eigenvalue weighted by Gasteiger charge is -2.21. The molecule has 0 fully saturated rings. The van der Waals surface area contributed by atoms with Gasteiger partial charge in [0, 0.05) is 5.56 Å². The summed E-state index contributed by atoms with van der Waals surface area (Å²) in [5.74, 6) is -1.01. The van der Waals surface area contributed by atoms with Crippen LogP contribution in [0.1, 0.15) is 39.5 Å². The van der Waals surface area contributed by atoms with Crippen LogP contribution in [0, 0.1) is 0 Å². The lowest BCUT2D eigenvalue weighted by atomic mass is 10.0. The summed E-state index contributed by atoms with van der Waals surface area (Å²) >= 11 is 1.15. The molecule has 0 saturated carbocycles. The van der Waals surface area contributed by atoms with E-state index in [1.165, 1.54) is 0 Å². The van der Waals surface area contributed by atoms with Crippen LogP contribution in [-0.2, 0) is 25.3 Å². The minimum atomic E-state index is -5.06. The predicted octanol–water partition coefficient (Wildman–Crippen LogP) is 7.74. The fourth-order valence-corrected chi connectivity index (χ4v) is 4.55. The van der Waals surface area contributed by atoms with Crippen LogP contribution in [0.2, 0.25) is 0 Å². The number of rotatable bonds is 5. The smallest absolute Gasteiger partial charge is 0.279 e. The normalized spacial score (nSPS) is 12.2. The average Bonchev–Trinajstić information content (AvgIpc) is 3.24. The Morgan fingerprint density at radius 1 is 0.857 bits per heavy atom. The molecule has 3 aromatic carbocycles. The molecule has 10 heteroatoms. The van der Waals surface area contributed by atoms with Gasteiger partial charge < -0.3 is 0 Å². The number of alkyl halides is 6. The quantitative estimate of drug-likeness (QED) is 0.258. The summed E-state index contributed by atoms with van der Waals surface area (Å²) in [6, 6.07) is 15.0. The van der Waals surface area contributed by atoms with Gasteiger partial charge >= 0.3 is 12.4 Å². The third-order valence-corrected chi connectivity index (χ3v) is 6.39. The number of hydrogen-bond acceptors (Lipinski definition) is 3. The van der Waals surface area contributed by atoms with Crippen LogP contribution in [0.25, 0.3) is 10.2 Å². The summed E-state index contributed by atoms with van der Waals surface area (Å²) in [6.07, 6.45) is -9.36. The van der Waals surface area contributed by atoms with E-state index in [-0.39, 0.29) is 17.7 Å². The molecule has 4 aromatic rings. The second-order valence-corrected chi connectivity index (χ2v) is 8.83. The summed E-state index contributed by atoms with van der Waals surface area (Å²) in [7, 11) is 0.